The van der Waals surface area contributed by atoms with Gasteiger partial charge in [0.2, 0.25) is 0 Å². The summed E-state index contributed by atoms with van der Waals surface area (Å²) in [4.78, 5) is 2.47. The van der Waals surface area contributed by atoms with Crippen LogP contribution in [0.5, 0.6) is 11.5 Å². The number of aromatic nitrogens is 1. The van der Waals surface area contributed by atoms with Gasteiger partial charge < -0.3 is 14.2 Å². The fraction of sp³-hybridized carbons (Fsp3) is 0. The van der Waals surface area contributed by atoms with Crippen LogP contribution in [-0.4, -0.2) is 4.57 Å². The Morgan fingerprint density at radius 3 is 1.94 bits per heavy atom. The predicted molar refractivity (Wildman–Crippen MR) is 219 cm³/mol. The smallest absolute Gasteiger partial charge is 0.153 e. The van der Waals surface area contributed by atoms with Gasteiger partial charge >= 0.3 is 0 Å². The van der Waals surface area contributed by atoms with Gasteiger partial charge in [0.15, 0.2) is 11.5 Å². The molecule has 0 amide bonds. The Kier molecular flexibility index (Phi) is 6.42. The number of rotatable bonds is 5. The first-order valence-corrected chi connectivity index (χ1v) is 18.4. The maximum absolute atomic E-state index is 6.82. The summed E-state index contributed by atoms with van der Waals surface area (Å²) in [6, 6.07) is 65.4. The van der Waals surface area contributed by atoms with E-state index in [2.05, 4.69) is 191 Å². The van der Waals surface area contributed by atoms with Crippen LogP contribution >= 0.6 is 11.3 Å². The summed E-state index contributed by atoms with van der Waals surface area (Å²) >= 11 is 1.86. The highest BCUT2D eigenvalue weighted by Gasteiger charge is 2.30. The van der Waals surface area contributed by atoms with E-state index in [-0.39, 0.29) is 0 Å². The quantitative estimate of drug-likeness (QED) is 0.180. The third-order valence-corrected chi connectivity index (χ3v) is 11.5. The summed E-state index contributed by atoms with van der Waals surface area (Å²) in [5.74, 6) is 1.70. The van der Waals surface area contributed by atoms with Gasteiger partial charge in [0, 0.05) is 31.9 Å². The number of thiophene rings is 1. The van der Waals surface area contributed by atoms with E-state index in [9.17, 15) is 0 Å². The molecule has 0 aliphatic carbocycles. The van der Waals surface area contributed by atoms with Gasteiger partial charge in [0.1, 0.15) is 5.69 Å². The lowest BCUT2D eigenvalue weighted by Crippen LogP contribution is -2.15. The zero-order valence-corrected chi connectivity index (χ0v) is 28.8. The van der Waals surface area contributed by atoms with Crippen LogP contribution in [0.2, 0.25) is 0 Å². The van der Waals surface area contributed by atoms with Gasteiger partial charge in [-0.1, -0.05) is 127 Å². The summed E-state index contributed by atoms with van der Waals surface area (Å²) < 4.78 is 11.8. The molecular weight excluding hydrogens is 653 g/mol. The molecule has 0 bridgehead atoms. The molecule has 52 heavy (non-hydrogen) atoms. The van der Waals surface area contributed by atoms with Gasteiger partial charge in [-0.15, -0.1) is 11.3 Å². The Labute approximate surface area is 304 Å². The molecule has 0 unspecified atom stereocenters. The standard InChI is InChI=1S/C48H30N2OS/c1-3-14-31(15-4-1)33-18-11-19-35(28-33)49(42-30-34(32-16-5-2-6-17-32)29-39-37-21-8-10-27-45(37)52-48(39)42)41-24-13-26-44-47(41)50-40-23-9-7-20-36(40)38-22-12-25-43(51-44)46(38)50/h1-30H. The SMILES string of the molecule is c1ccc(-c2cccc(N(c3cccc4c3-n3c5ccccc5c5cccc(c53)O4)c3cc(-c4ccccc4)cc4c3sc3ccccc34)c2)cc1. The van der Waals surface area contributed by atoms with Gasteiger partial charge in [-0.05, 0) is 76.9 Å². The van der Waals surface area contributed by atoms with E-state index in [0.717, 1.165) is 50.8 Å². The highest BCUT2D eigenvalue weighted by Crippen LogP contribution is 2.53. The van der Waals surface area contributed by atoms with Crippen molar-refractivity contribution in [2.45, 2.75) is 0 Å². The first-order valence-electron chi connectivity index (χ1n) is 17.6. The number of para-hydroxylation sites is 3. The molecule has 1 aliphatic heterocycles. The van der Waals surface area contributed by atoms with Crippen LogP contribution in [0.25, 0.3) is 69.9 Å². The lowest BCUT2D eigenvalue weighted by atomic mass is 10.00. The number of fused-ring (bicyclic) bond motifs is 8. The third-order valence-electron chi connectivity index (χ3n) is 10.3. The first kappa shape index (κ1) is 29.1. The lowest BCUT2D eigenvalue weighted by molar-refractivity contribution is 0.476. The number of ether oxygens (including phenoxy) is 1. The molecule has 244 valence electrons. The van der Waals surface area contributed by atoms with Crippen molar-refractivity contribution in [2.24, 2.45) is 0 Å². The van der Waals surface area contributed by atoms with Crippen LogP contribution in [-0.2, 0) is 0 Å². The van der Waals surface area contributed by atoms with Gasteiger partial charge in [-0.25, -0.2) is 0 Å². The zero-order chi connectivity index (χ0) is 34.2. The Morgan fingerprint density at radius 2 is 1.10 bits per heavy atom. The summed E-state index contributed by atoms with van der Waals surface area (Å²) in [7, 11) is 0. The highest BCUT2D eigenvalue weighted by molar-refractivity contribution is 7.26. The molecule has 2 aromatic heterocycles. The molecule has 0 radical (unpaired) electrons. The Morgan fingerprint density at radius 1 is 0.442 bits per heavy atom. The second-order valence-corrected chi connectivity index (χ2v) is 14.4. The summed E-state index contributed by atoms with van der Waals surface area (Å²) in [6.07, 6.45) is 0. The maximum atomic E-state index is 6.82. The van der Waals surface area contributed by atoms with Crippen LogP contribution in [0, 0.1) is 0 Å². The topological polar surface area (TPSA) is 17.4 Å². The first-order chi connectivity index (χ1) is 25.8. The van der Waals surface area contributed by atoms with Crippen molar-refractivity contribution < 1.29 is 4.74 Å². The van der Waals surface area contributed by atoms with Crippen LogP contribution in [0.15, 0.2) is 182 Å². The van der Waals surface area contributed by atoms with Crippen LogP contribution in [0.3, 0.4) is 0 Å². The number of benzene rings is 8. The molecule has 3 heterocycles. The molecule has 1 aliphatic rings. The Balaban J connectivity index is 1.27. The molecule has 0 atom stereocenters. The van der Waals surface area contributed by atoms with Crippen molar-refractivity contribution >= 4 is 70.4 Å². The Bertz CT molecular complexity index is 3000. The average molecular weight is 683 g/mol. The fourth-order valence-electron chi connectivity index (χ4n) is 8.05. The normalized spacial score (nSPS) is 12.0. The number of anilines is 3. The van der Waals surface area contributed by atoms with Crippen molar-refractivity contribution in [3.05, 3.63) is 182 Å². The fourth-order valence-corrected chi connectivity index (χ4v) is 9.24. The molecule has 10 aromatic rings. The monoisotopic (exact) mass is 682 g/mol. The van der Waals surface area contributed by atoms with Crippen molar-refractivity contribution in [1.82, 2.24) is 4.57 Å². The Hall–Kier alpha value is -6.62. The number of nitrogens with zero attached hydrogens (tertiary/aromatic N) is 2. The van der Waals surface area contributed by atoms with E-state index in [1.54, 1.807) is 0 Å². The molecule has 0 spiro atoms. The number of hydrogen-bond donors (Lipinski definition) is 0. The summed E-state index contributed by atoms with van der Waals surface area (Å²) in [5.41, 5.74) is 11.2. The van der Waals surface area contributed by atoms with Gasteiger partial charge in [0.05, 0.1) is 27.1 Å². The molecule has 0 fully saturated rings. The van der Waals surface area contributed by atoms with E-state index in [0.29, 0.717) is 0 Å². The second kappa shape index (κ2) is 11.5. The zero-order valence-electron chi connectivity index (χ0n) is 28.0. The van der Waals surface area contributed by atoms with E-state index >= 15 is 0 Å². The minimum absolute atomic E-state index is 0.829. The minimum atomic E-state index is 0.829. The second-order valence-electron chi connectivity index (χ2n) is 13.3. The van der Waals surface area contributed by atoms with E-state index in [1.165, 1.54) is 47.6 Å². The largest absolute Gasteiger partial charge is 0.453 e. The maximum Gasteiger partial charge on any atom is 0.153 e. The minimum Gasteiger partial charge on any atom is -0.453 e. The molecule has 11 rings (SSSR count). The number of hydrogen-bond acceptors (Lipinski definition) is 3. The summed E-state index contributed by atoms with van der Waals surface area (Å²) in [6.45, 7) is 0. The average Bonchev–Trinajstić information content (AvgIpc) is 3.76. The highest BCUT2D eigenvalue weighted by atomic mass is 32.1. The van der Waals surface area contributed by atoms with Crippen LogP contribution < -0.4 is 9.64 Å². The van der Waals surface area contributed by atoms with Crippen molar-refractivity contribution in [3.63, 3.8) is 0 Å². The lowest BCUT2D eigenvalue weighted by Gasteiger charge is -2.32. The van der Waals surface area contributed by atoms with E-state index in [4.69, 9.17) is 4.74 Å². The molecule has 4 heteroatoms. The molecular formula is C48H30N2OS. The van der Waals surface area contributed by atoms with Crippen LogP contribution in [0.4, 0.5) is 17.1 Å². The molecule has 0 N–H and O–H groups in total. The van der Waals surface area contributed by atoms with Crippen molar-refractivity contribution in [1.29, 1.82) is 0 Å². The molecule has 0 saturated carbocycles. The van der Waals surface area contributed by atoms with Crippen LogP contribution in [0.1, 0.15) is 0 Å². The molecule has 0 saturated heterocycles. The van der Waals surface area contributed by atoms with Crippen molar-refractivity contribution in [3.8, 4) is 39.4 Å². The van der Waals surface area contributed by atoms with E-state index in [1.807, 2.05) is 11.3 Å². The van der Waals surface area contributed by atoms with Gasteiger partial charge in [-0.3, -0.25) is 0 Å². The molecule has 3 nitrogen and oxygen atoms in total. The molecule has 8 aromatic carbocycles. The summed E-state index contributed by atoms with van der Waals surface area (Å²) in [5, 5.41) is 4.91. The van der Waals surface area contributed by atoms with Gasteiger partial charge in [-0.2, -0.15) is 0 Å². The van der Waals surface area contributed by atoms with E-state index < -0.39 is 0 Å². The van der Waals surface area contributed by atoms with Crippen molar-refractivity contribution in [2.75, 3.05) is 4.90 Å². The third kappa shape index (κ3) is 4.38. The predicted octanol–water partition coefficient (Wildman–Crippen LogP) is 14.1. The van der Waals surface area contributed by atoms with Gasteiger partial charge in [0.25, 0.3) is 0 Å².